The molecule has 0 saturated heterocycles. The fourth-order valence-electron chi connectivity index (χ4n) is 4.07. The lowest BCUT2D eigenvalue weighted by atomic mass is 9.63. The average molecular weight is 252 g/mol. The van der Waals surface area contributed by atoms with Crippen molar-refractivity contribution in [1.29, 1.82) is 0 Å². The Morgan fingerprint density at radius 2 is 1.83 bits per heavy atom. The van der Waals surface area contributed by atoms with Crippen LogP contribution in [0, 0.1) is 5.41 Å². The number of hydrogen-bond acceptors (Lipinski definition) is 3. The second-order valence-electron chi connectivity index (χ2n) is 6.26. The fraction of sp³-hybridized carbons (Fsp3) is 0.933. The van der Waals surface area contributed by atoms with Gasteiger partial charge in [-0.25, -0.2) is 0 Å². The molecule has 102 valence electrons. The van der Waals surface area contributed by atoms with E-state index >= 15 is 0 Å². The number of ketones is 1. The molecule has 3 rings (SSSR count). The Kier molecular flexibility index (Phi) is 3.46. The summed E-state index contributed by atoms with van der Waals surface area (Å²) in [7, 11) is 1.79. The minimum absolute atomic E-state index is 0.0694. The van der Waals surface area contributed by atoms with Crippen molar-refractivity contribution in [3.8, 4) is 0 Å². The molecule has 0 N–H and O–H groups in total. The third kappa shape index (κ3) is 2.01. The van der Waals surface area contributed by atoms with Crippen LogP contribution in [0.3, 0.4) is 0 Å². The molecule has 18 heavy (non-hydrogen) atoms. The minimum atomic E-state index is -0.0694. The zero-order valence-corrected chi connectivity index (χ0v) is 11.3. The van der Waals surface area contributed by atoms with E-state index in [0.717, 1.165) is 32.1 Å². The van der Waals surface area contributed by atoms with Crippen LogP contribution < -0.4 is 0 Å². The van der Waals surface area contributed by atoms with Gasteiger partial charge in [0, 0.05) is 13.5 Å². The number of hydrogen-bond donors (Lipinski definition) is 0. The van der Waals surface area contributed by atoms with Crippen molar-refractivity contribution in [3.63, 3.8) is 0 Å². The summed E-state index contributed by atoms with van der Waals surface area (Å²) in [5, 5.41) is 0. The van der Waals surface area contributed by atoms with E-state index in [2.05, 4.69) is 0 Å². The molecule has 3 saturated carbocycles. The Morgan fingerprint density at radius 3 is 2.50 bits per heavy atom. The number of methoxy groups -OCH3 is 1. The summed E-state index contributed by atoms with van der Waals surface area (Å²) in [6, 6.07) is 0. The molecule has 0 bridgehead atoms. The molecule has 0 aromatic rings. The normalized spacial score (nSPS) is 38.9. The summed E-state index contributed by atoms with van der Waals surface area (Å²) in [5.41, 5.74) is -0.0694. The highest BCUT2D eigenvalue weighted by Gasteiger charge is 2.57. The number of rotatable bonds is 3. The lowest BCUT2D eigenvalue weighted by Crippen LogP contribution is -2.55. The Bertz CT molecular complexity index is 320. The van der Waals surface area contributed by atoms with Gasteiger partial charge < -0.3 is 9.47 Å². The molecule has 3 aliphatic carbocycles. The van der Waals surface area contributed by atoms with Gasteiger partial charge in [-0.05, 0) is 38.5 Å². The predicted molar refractivity (Wildman–Crippen MR) is 68.5 cm³/mol. The fourth-order valence-corrected chi connectivity index (χ4v) is 4.07. The zero-order valence-electron chi connectivity index (χ0n) is 11.3. The minimum Gasteiger partial charge on any atom is -0.381 e. The second-order valence-corrected chi connectivity index (χ2v) is 6.26. The van der Waals surface area contributed by atoms with Crippen LogP contribution in [-0.4, -0.2) is 31.2 Å². The van der Waals surface area contributed by atoms with Gasteiger partial charge in [0.2, 0.25) is 0 Å². The van der Waals surface area contributed by atoms with Crippen molar-refractivity contribution in [2.45, 2.75) is 76.1 Å². The number of carbonyl (C=O) groups excluding carboxylic acids is 1. The maximum Gasteiger partial charge on any atom is 0.144 e. The van der Waals surface area contributed by atoms with E-state index in [1.165, 1.54) is 19.3 Å². The van der Waals surface area contributed by atoms with Crippen LogP contribution in [0.2, 0.25) is 0 Å². The highest BCUT2D eigenvalue weighted by Crippen LogP contribution is 2.52. The molecule has 0 aliphatic heterocycles. The molecule has 0 amide bonds. The van der Waals surface area contributed by atoms with Crippen molar-refractivity contribution < 1.29 is 14.3 Å². The number of ether oxygens (including phenoxy) is 2. The summed E-state index contributed by atoms with van der Waals surface area (Å²) < 4.78 is 11.7. The van der Waals surface area contributed by atoms with Crippen molar-refractivity contribution in [2.75, 3.05) is 7.11 Å². The van der Waals surface area contributed by atoms with E-state index in [1.807, 2.05) is 0 Å². The number of Topliss-reactive ketones (excluding diaryl/α,β-unsaturated/α-hetero) is 1. The van der Waals surface area contributed by atoms with E-state index < -0.39 is 0 Å². The van der Waals surface area contributed by atoms with Crippen LogP contribution in [-0.2, 0) is 14.3 Å². The standard InChI is InChI=1S/C15H24O3/c1-17-11-5-4-6-12(9-11)18-14-10-13(16)15(14)7-2-3-8-15/h11-12,14H,2-10H2,1H3. The van der Waals surface area contributed by atoms with Gasteiger partial charge in [-0.3, -0.25) is 4.79 Å². The molecule has 0 radical (unpaired) electrons. The summed E-state index contributed by atoms with van der Waals surface area (Å²) in [5.74, 6) is 0.462. The highest BCUT2D eigenvalue weighted by molar-refractivity contribution is 5.92. The van der Waals surface area contributed by atoms with Crippen LogP contribution in [0.25, 0.3) is 0 Å². The topological polar surface area (TPSA) is 35.5 Å². The molecule has 3 fully saturated rings. The molecular formula is C15H24O3. The maximum atomic E-state index is 11.9. The highest BCUT2D eigenvalue weighted by atomic mass is 16.5. The molecule has 1 spiro atoms. The van der Waals surface area contributed by atoms with Gasteiger partial charge in [-0.2, -0.15) is 0 Å². The van der Waals surface area contributed by atoms with Gasteiger partial charge in [0.25, 0.3) is 0 Å². The monoisotopic (exact) mass is 252 g/mol. The Hall–Kier alpha value is -0.410. The van der Waals surface area contributed by atoms with E-state index in [1.54, 1.807) is 7.11 Å². The molecule has 3 unspecified atom stereocenters. The summed E-state index contributed by atoms with van der Waals surface area (Å²) in [6.07, 6.45) is 10.6. The molecule has 0 heterocycles. The SMILES string of the molecule is COC1CCCC(OC2CC(=O)C23CCCC3)C1. The second kappa shape index (κ2) is 4.93. The van der Waals surface area contributed by atoms with Gasteiger partial charge in [0.1, 0.15) is 5.78 Å². The molecule has 3 atom stereocenters. The summed E-state index contributed by atoms with van der Waals surface area (Å²) in [4.78, 5) is 11.9. The van der Waals surface area contributed by atoms with Crippen molar-refractivity contribution in [2.24, 2.45) is 5.41 Å². The first-order valence-electron chi connectivity index (χ1n) is 7.46. The molecule has 0 aromatic heterocycles. The van der Waals surface area contributed by atoms with Gasteiger partial charge >= 0.3 is 0 Å². The third-order valence-electron chi connectivity index (χ3n) is 5.31. The first-order chi connectivity index (χ1) is 8.74. The van der Waals surface area contributed by atoms with Crippen LogP contribution in [0.4, 0.5) is 0 Å². The molecule has 3 nitrogen and oxygen atoms in total. The Balaban J connectivity index is 1.58. The predicted octanol–water partition coefficient (Wildman–Crippen LogP) is 2.86. The van der Waals surface area contributed by atoms with E-state index in [-0.39, 0.29) is 11.5 Å². The van der Waals surface area contributed by atoms with Crippen LogP contribution in [0.5, 0.6) is 0 Å². The average Bonchev–Trinajstić information content (AvgIpc) is 2.91. The van der Waals surface area contributed by atoms with Crippen molar-refractivity contribution >= 4 is 5.78 Å². The van der Waals surface area contributed by atoms with Gasteiger partial charge in [0.05, 0.1) is 23.7 Å². The molecule has 3 heteroatoms. The van der Waals surface area contributed by atoms with Crippen molar-refractivity contribution in [3.05, 3.63) is 0 Å². The van der Waals surface area contributed by atoms with E-state index in [0.29, 0.717) is 24.4 Å². The van der Waals surface area contributed by atoms with Gasteiger partial charge in [-0.15, -0.1) is 0 Å². The molecule has 0 aromatic carbocycles. The first kappa shape index (κ1) is 12.6. The smallest absolute Gasteiger partial charge is 0.144 e. The van der Waals surface area contributed by atoms with E-state index in [4.69, 9.17) is 9.47 Å². The lowest BCUT2D eigenvalue weighted by molar-refractivity contribution is -0.176. The van der Waals surface area contributed by atoms with Crippen LogP contribution in [0.15, 0.2) is 0 Å². The first-order valence-corrected chi connectivity index (χ1v) is 7.46. The molecular weight excluding hydrogens is 228 g/mol. The van der Waals surface area contributed by atoms with Crippen LogP contribution in [0.1, 0.15) is 57.8 Å². The summed E-state index contributed by atoms with van der Waals surface area (Å²) in [6.45, 7) is 0. The number of carbonyl (C=O) groups is 1. The summed E-state index contributed by atoms with van der Waals surface area (Å²) >= 11 is 0. The largest absolute Gasteiger partial charge is 0.381 e. The van der Waals surface area contributed by atoms with E-state index in [9.17, 15) is 4.79 Å². The lowest BCUT2D eigenvalue weighted by Gasteiger charge is -2.47. The third-order valence-corrected chi connectivity index (χ3v) is 5.31. The van der Waals surface area contributed by atoms with Gasteiger partial charge in [0.15, 0.2) is 0 Å². The van der Waals surface area contributed by atoms with Crippen molar-refractivity contribution in [1.82, 2.24) is 0 Å². The Labute approximate surface area is 109 Å². The molecule has 3 aliphatic rings. The Morgan fingerprint density at radius 1 is 1.11 bits per heavy atom. The maximum absolute atomic E-state index is 11.9. The van der Waals surface area contributed by atoms with Gasteiger partial charge in [-0.1, -0.05) is 12.8 Å². The quantitative estimate of drug-likeness (QED) is 0.774. The van der Waals surface area contributed by atoms with Crippen LogP contribution >= 0.6 is 0 Å². The zero-order chi connectivity index (χ0) is 12.6.